The summed E-state index contributed by atoms with van der Waals surface area (Å²) in [6.45, 7) is 0. The van der Waals surface area contributed by atoms with Gasteiger partial charge in [-0.05, 0) is 30.3 Å². The first kappa shape index (κ1) is 16.6. The largest absolute Gasteiger partial charge is 0.393 e. The molecule has 6 nitrogen and oxygen atoms in total. The molecule has 1 aromatic carbocycles. The molecule has 4 N–H and O–H groups in total. The van der Waals surface area contributed by atoms with E-state index >= 15 is 0 Å². The first-order valence-electron chi connectivity index (χ1n) is 6.74. The number of hydrogen-bond acceptors (Lipinski definition) is 6. The lowest BCUT2D eigenvalue weighted by atomic mass is 10.3. The number of pyridine rings is 1. The fourth-order valence-electron chi connectivity index (χ4n) is 1.89. The van der Waals surface area contributed by atoms with Crippen molar-refractivity contribution < 1.29 is 0 Å². The van der Waals surface area contributed by atoms with Crippen LogP contribution < -0.4 is 16.4 Å². The number of nitrogen functional groups attached to an aromatic ring is 1. The zero-order valence-corrected chi connectivity index (χ0v) is 14.4. The van der Waals surface area contributed by atoms with Gasteiger partial charge in [0.15, 0.2) is 11.6 Å². The van der Waals surface area contributed by atoms with E-state index in [1.807, 2.05) is 0 Å². The molecule has 2 aromatic heterocycles. The second-order valence-corrected chi connectivity index (χ2v) is 6.00. The van der Waals surface area contributed by atoms with Crippen LogP contribution in [0.3, 0.4) is 0 Å². The van der Waals surface area contributed by atoms with Gasteiger partial charge in [0.1, 0.15) is 17.8 Å². The van der Waals surface area contributed by atoms with Crippen molar-refractivity contribution in [3.05, 3.63) is 57.9 Å². The van der Waals surface area contributed by atoms with Gasteiger partial charge in [-0.25, -0.2) is 15.0 Å². The molecule has 0 fully saturated rings. The van der Waals surface area contributed by atoms with Crippen LogP contribution >= 0.6 is 34.8 Å². The molecule has 0 aliphatic heterocycles. The summed E-state index contributed by atoms with van der Waals surface area (Å²) in [5.41, 5.74) is 7.02. The van der Waals surface area contributed by atoms with Crippen molar-refractivity contribution in [2.24, 2.45) is 0 Å². The Morgan fingerprint density at radius 2 is 1.54 bits per heavy atom. The molecule has 3 aromatic rings. The van der Waals surface area contributed by atoms with Crippen LogP contribution in [-0.4, -0.2) is 15.0 Å². The first-order valence-corrected chi connectivity index (χ1v) is 7.87. The molecule has 24 heavy (non-hydrogen) atoms. The number of anilines is 5. The van der Waals surface area contributed by atoms with Crippen LogP contribution in [0.1, 0.15) is 0 Å². The number of aromatic nitrogens is 3. The van der Waals surface area contributed by atoms with Gasteiger partial charge in [0.25, 0.3) is 0 Å². The van der Waals surface area contributed by atoms with Gasteiger partial charge in [-0.2, -0.15) is 0 Å². The predicted octanol–water partition coefficient (Wildman–Crippen LogP) is 4.90. The van der Waals surface area contributed by atoms with Crippen molar-refractivity contribution in [3.8, 4) is 0 Å². The summed E-state index contributed by atoms with van der Waals surface area (Å²) in [6.07, 6.45) is 2.89. The summed E-state index contributed by atoms with van der Waals surface area (Å²) >= 11 is 17.9. The highest BCUT2D eigenvalue weighted by Gasteiger charge is 2.11. The van der Waals surface area contributed by atoms with E-state index in [-0.39, 0.29) is 0 Å². The second kappa shape index (κ2) is 7.09. The standard InChI is InChI=1S/C15H11Cl3N6/c16-8-1-3-10(18)11(5-8)23-14-13(19)15(22-7-21-14)24-12-4-2-9(17)6-20-12/h1-7H,19H2,(H2,20,21,22,23,24). The molecule has 122 valence electrons. The average Bonchev–Trinajstić information content (AvgIpc) is 2.56. The Kier molecular flexibility index (Phi) is 4.89. The number of rotatable bonds is 4. The van der Waals surface area contributed by atoms with Gasteiger partial charge in [0.05, 0.1) is 15.7 Å². The van der Waals surface area contributed by atoms with Gasteiger partial charge in [0.2, 0.25) is 0 Å². The maximum atomic E-state index is 6.14. The molecule has 0 bridgehead atoms. The highest BCUT2D eigenvalue weighted by molar-refractivity contribution is 6.35. The number of nitrogens with two attached hydrogens (primary N) is 1. The van der Waals surface area contributed by atoms with E-state index in [2.05, 4.69) is 25.6 Å². The molecule has 0 saturated heterocycles. The molecule has 2 heterocycles. The Hall–Kier alpha value is -2.28. The molecule has 9 heteroatoms. The Morgan fingerprint density at radius 1 is 0.833 bits per heavy atom. The maximum absolute atomic E-state index is 6.14. The van der Waals surface area contributed by atoms with Crippen molar-refractivity contribution in [3.63, 3.8) is 0 Å². The lowest BCUT2D eigenvalue weighted by molar-refractivity contribution is 1.16. The molecule has 3 rings (SSSR count). The van der Waals surface area contributed by atoms with E-state index in [1.54, 1.807) is 30.3 Å². The van der Waals surface area contributed by atoms with Crippen molar-refractivity contribution in [2.75, 3.05) is 16.4 Å². The fraction of sp³-hybridized carbons (Fsp3) is 0. The molecule has 0 aliphatic rings. The number of halogens is 3. The van der Waals surface area contributed by atoms with Crippen LogP contribution in [0.4, 0.5) is 28.8 Å². The summed E-state index contributed by atoms with van der Waals surface area (Å²) in [7, 11) is 0. The normalized spacial score (nSPS) is 10.5. The third-order valence-electron chi connectivity index (χ3n) is 3.04. The Morgan fingerprint density at radius 3 is 2.25 bits per heavy atom. The van der Waals surface area contributed by atoms with Gasteiger partial charge in [0, 0.05) is 11.2 Å². The van der Waals surface area contributed by atoms with E-state index < -0.39 is 0 Å². The quantitative estimate of drug-likeness (QED) is 0.595. The van der Waals surface area contributed by atoms with Crippen molar-refractivity contribution in [1.29, 1.82) is 0 Å². The van der Waals surface area contributed by atoms with Crippen molar-refractivity contribution in [1.82, 2.24) is 15.0 Å². The van der Waals surface area contributed by atoms with Gasteiger partial charge in [-0.3, -0.25) is 0 Å². The van der Waals surface area contributed by atoms with Crippen LogP contribution in [0, 0.1) is 0 Å². The maximum Gasteiger partial charge on any atom is 0.160 e. The van der Waals surface area contributed by atoms with E-state index in [4.69, 9.17) is 40.5 Å². The number of benzene rings is 1. The summed E-state index contributed by atoms with van der Waals surface area (Å²) in [4.78, 5) is 12.4. The molecule has 0 radical (unpaired) electrons. The van der Waals surface area contributed by atoms with Crippen molar-refractivity contribution >= 4 is 63.6 Å². The van der Waals surface area contributed by atoms with Crippen LogP contribution in [0.2, 0.25) is 15.1 Å². The second-order valence-electron chi connectivity index (χ2n) is 4.72. The number of hydrogen-bond donors (Lipinski definition) is 3. The highest BCUT2D eigenvalue weighted by Crippen LogP contribution is 2.32. The Bertz CT molecular complexity index is 870. The lowest BCUT2D eigenvalue weighted by Gasteiger charge is -2.13. The van der Waals surface area contributed by atoms with Crippen LogP contribution in [0.5, 0.6) is 0 Å². The molecule has 0 atom stereocenters. The predicted molar refractivity (Wildman–Crippen MR) is 98.7 cm³/mol. The van der Waals surface area contributed by atoms with Gasteiger partial charge < -0.3 is 16.4 Å². The molecular formula is C15H11Cl3N6. The zero-order valence-electron chi connectivity index (χ0n) is 12.1. The van der Waals surface area contributed by atoms with Crippen molar-refractivity contribution in [2.45, 2.75) is 0 Å². The third-order valence-corrected chi connectivity index (χ3v) is 3.83. The van der Waals surface area contributed by atoms with Gasteiger partial charge >= 0.3 is 0 Å². The number of nitrogens with one attached hydrogen (secondary N) is 2. The van der Waals surface area contributed by atoms with Crippen LogP contribution in [-0.2, 0) is 0 Å². The minimum absolute atomic E-state index is 0.310. The van der Waals surface area contributed by atoms with Gasteiger partial charge in [-0.1, -0.05) is 34.8 Å². The first-order chi connectivity index (χ1) is 11.5. The monoisotopic (exact) mass is 380 g/mol. The minimum Gasteiger partial charge on any atom is -0.393 e. The molecular weight excluding hydrogens is 371 g/mol. The summed E-state index contributed by atoms with van der Waals surface area (Å²) in [5, 5.41) is 7.62. The summed E-state index contributed by atoms with van der Waals surface area (Å²) in [6, 6.07) is 8.47. The Labute approximate surface area is 153 Å². The molecule has 0 aliphatic carbocycles. The van der Waals surface area contributed by atoms with E-state index in [0.717, 1.165) is 0 Å². The molecule has 0 amide bonds. The number of nitrogens with zero attached hydrogens (tertiary/aromatic N) is 3. The average molecular weight is 382 g/mol. The highest BCUT2D eigenvalue weighted by atomic mass is 35.5. The molecule has 0 unspecified atom stereocenters. The van der Waals surface area contributed by atoms with Crippen LogP contribution in [0.15, 0.2) is 42.9 Å². The third kappa shape index (κ3) is 3.79. The zero-order chi connectivity index (χ0) is 17.1. The Balaban J connectivity index is 1.88. The lowest BCUT2D eigenvalue weighted by Crippen LogP contribution is -2.06. The minimum atomic E-state index is 0.310. The van der Waals surface area contributed by atoms with Gasteiger partial charge in [-0.15, -0.1) is 0 Å². The fourth-order valence-corrected chi connectivity index (χ4v) is 2.34. The summed E-state index contributed by atoms with van der Waals surface area (Å²) in [5.74, 6) is 1.35. The topological polar surface area (TPSA) is 88.8 Å². The smallest absolute Gasteiger partial charge is 0.160 e. The summed E-state index contributed by atoms with van der Waals surface area (Å²) < 4.78 is 0. The SMILES string of the molecule is Nc1c(Nc2ccc(Cl)cn2)ncnc1Nc1cc(Cl)ccc1Cl. The van der Waals surface area contributed by atoms with E-state index in [1.165, 1.54) is 12.5 Å². The van der Waals surface area contributed by atoms with E-state index in [0.29, 0.717) is 43.9 Å². The molecule has 0 saturated carbocycles. The van der Waals surface area contributed by atoms with E-state index in [9.17, 15) is 0 Å². The molecule has 0 spiro atoms. The van der Waals surface area contributed by atoms with Crippen LogP contribution in [0.25, 0.3) is 0 Å².